The topological polar surface area (TPSA) is 29.1 Å². The van der Waals surface area contributed by atoms with Gasteiger partial charge >= 0.3 is 0 Å². The Kier molecular flexibility index (Phi) is 4.17. The smallest absolute Gasteiger partial charge is 0.252 e. The Labute approximate surface area is 99.6 Å². The molecule has 0 bridgehead atoms. The van der Waals surface area contributed by atoms with E-state index < -0.39 is 0 Å². The van der Waals surface area contributed by atoms with Crippen LogP contribution < -0.4 is 5.32 Å². The standard InChI is InChI=1S/C11H16ClNOS/c1-8-4-15-5-9(8)10(14)13-7-11(2,3)6-12/h4-5H,6-7H2,1-3H3,(H,13,14). The molecule has 0 spiro atoms. The Hall–Kier alpha value is -0.540. The Morgan fingerprint density at radius 3 is 2.67 bits per heavy atom. The van der Waals surface area contributed by atoms with Crippen LogP contribution in [0.4, 0.5) is 0 Å². The fourth-order valence-electron chi connectivity index (χ4n) is 1.06. The lowest BCUT2D eigenvalue weighted by molar-refractivity contribution is 0.0940. The first-order valence-electron chi connectivity index (χ1n) is 4.83. The van der Waals surface area contributed by atoms with Crippen LogP contribution in [-0.2, 0) is 0 Å². The minimum absolute atomic E-state index is 0.00746. The summed E-state index contributed by atoms with van der Waals surface area (Å²) in [4.78, 5) is 11.7. The Bertz CT molecular complexity index is 346. The van der Waals surface area contributed by atoms with E-state index in [1.165, 1.54) is 0 Å². The molecule has 0 saturated carbocycles. The van der Waals surface area contributed by atoms with E-state index in [0.29, 0.717) is 12.4 Å². The largest absolute Gasteiger partial charge is 0.351 e. The fraction of sp³-hybridized carbons (Fsp3) is 0.545. The summed E-state index contributed by atoms with van der Waals surface area (Å²) < 4.78 is 0. The molecule has 1 heterocycles. The Morgan fingerprint density at radius 1 is 1.53 bits per heavy atom. The normalized spacial score (nSPS) is 11.5. The van der Waals surface area contributed by atoms with Crippen LogP contribution in [0, 0.1) is 12.3 Å². The molecule has 1 N–H and O–H groups in total. The summed E-state index contributed by atoms with van der Waals surface area (Å²) >= 11 is 7.33. The number of nitrogens with one attached hydrogen (secondary N) is 1. The van der Waals surface area contributed by atoms with Gasteiger partial charge in [0.2, 0.25) is 0 Å². The monoisotopic (exact) mass is 245 g/mol. The third-order valence-electron chi connectivity index (χ3n) is 2.19. The molecule has 1 aromatic heterocycles. The van der Waals surface area contributed by atoms with Crippen molar-refractivity contribution in [3.05, 3.63) is 21.9 Å². The first-order chi connectivity index (χ1) is 6.96. The molecule has 0 aliphatic heterocycles. The van der Waals surface area contributed by atoms with Crippen molar-refractivity contribution in [1.29, 1.82) is 0 Å². The van der Waals surface area contributed by atoms with Gasteiger partial charge in [-0.1, -0.05) is 13.8 Å². The zero-order valence-corrected chi connectivity index (χ0v) is 10.8. The van der Waals surface area contributed by atoms with Gasteiger partial charge in [0.25, 0.3) is 5.91 Å². The maximum absolute atomic E-state index is 11.7. The van der Waals surface area contributed by atoms with Crippen LogP contribution in [0.15, 0.2) is 10.8 Å². The number of hydrogen-bond donors (Lipinski definition) is 1. The molecule has 0 aliphatic rings. The number of rotatable bonds is 4. The van der Waals surface area contributed by atoms with Crippen LogP contribution in [0.5, 0.6) is 0 Å². The number of halogens is 1. The van der Waals surface area contributed by atoms with Gasteiger partial charge in [-0.25, -0.2) is 0 Å². The van der Waals surface area contributed by atoms with Crippen molar-refractivity contribution >= 4 is 28.8 Å². The minimum atomic E-state index is -0.0544. The molecule has 4 heteroatoms. The van der Waals surface area contributed by atoms with Gasteiger partial charge < -0.3 is 5.32 Å². The van der Waals surface area contributed by atoms with E-state index in [-0.39, 0.29) is 11.3 Å². The highest BCUT2D eigenvalue weighted by Gasteiger charge is 2.18. The molecular weight excluding hydrogens is 230 g/mol. The molecule has 0 saturated heterocycles. The molecule has 1 aromatic rings. The number of amides is 1. The van der Waals surface area contributed by atoms with Crippen LogP contribution in [0.3, 0.4) is 0 Å². The summed E-state index contributed by atoms with van der Waals surface area (Å²) in [5.74, 6) is 0.530. The van der Waals surface area contributed by atoms with Crippen LogP contribution in [0.1, 0.15) is 29.8 Å². The highest BCUT2D eigenvalue weighted by atomic mass is 35.5. The lowest BCUT2D eigenvalue weighted by Crippen LogP contribution is -2.35. The molecule has 0 aliphatic carbocycles. The molecule has 0 atom stereocenters. The zero-order valence-electron chi connectivity index (χ0n) is 9.26. The number of hydrogen-bond acceptors (Lipinski definition) is 2. The predicted molar refractivity (Wildman–Crippen MR) is 65.9 cm³/mol. The van der Waals surface area contributed by atoms with Crippen molar-refractivity contribution in [3.63, 3.8) is 0 Å². The van der Waals surface area contributed by atoms with Crippen molar-refractivity contribution in [3.8, 4) is 0 Å². The molecule has 1 amide bonds. The highest BCUT2D eigenvalue weighted by Crippen LogP contribution is 2.17. The SMILES string of the molecule is Cc1cscc1C(=O)NCC(C)(C)CCl. The van der Waals surface area contributed by atoms with Crippen LogP contribution in [0.25, 0.3) is 0 Å². The third kappa shape index (κ3) is 3.50. The average molecular weight is 246 g/mol. The van der Waals surface area contributed by atoms with Crippen molar-refractivity contribution in [2.75, 3.05) is 12.4 Å². The quantitative estimate of drug-likeness (QED) is 0.812. The maximum atomic E-state index is 11.7. The van der Waals surface area contributed by atoms with E-state index in [0.717, 1.165) is 11.1 Å². The zero-order chi connectivity index (χ0) is 11.5. The summed E-state index contributed by atoms with van der Waals surface area (Å²) in [5, 5.41) is 6.75. The molecule has 15 heavy (non-hydrogen) atoms. The van der Waals surface area contributed by atoms with Gasteiger partial charge in [-0.05, 0) is 23.3 Å². The highest BCUT2D eigenvalue weighted by molar-refractivity contribution is 7.08. The molecule has 0 unspecified atom stereocenters. The van der Waals surface area contributed by atoms with Gasteiger partial charge in [0.1, 0.15) is 0 Å². The van der Waals surface area contributed by atoms with Crippen molar-refractivity contribution in [2.45, 2.75) is 20.8 Å². The molecular formula is C11H16ClNOS. The van der Waals surface area contributed by atoms with E-state index in [1.807, 2.05) is 31.5 Å². The maximum Gasteiger partial charge on any atom is 0.252 e. The number of thiophene rings is 1. The number of alkyl halides is 1. The van der Waals surface area contributed by atoms with E-state index in [2.05, 4.69) is 5.32 Å². The molecule has 0 radical (unpaired) electrons. The van der Waals surface area contributed by atoms with Gasteiger partial charge in [0, 0.05) is 17.8 Å². The van der Waals surface area contributed by atoms with E-state index in [1.54, 1.807) is 11.3 Å². The summed E-state index contributed by atoms with van der Waals surface area (Å²) in [6, 6.07) is 0. The molecule has 0 aromatic carbocycles. The number of carbonyl (C=O) groups excluding carboxylic acids is 1. The van der Waals surface area contributed by atoms with E-state index in [4.69, 9.17) is 11.6 Å². The van der Waals surface area contributed by atoms with Gasteiger partial charge in [0.05, 0.1) is 5.56 Å². The van der Waals surface area contributed by atoms with Crippen LogP contribution in [-0.4, -0.2) is 18.3 Å². The second-order valence-electron chi connectivity index (χ2n) is 4.45. The number of aryl methyl sites for hydroxylation is 1. The second-order valence-corrected chi connectivity index (χ2v) is 5.46. The average Bonchev–Trinajstić information content (AvgIpc) is 2.61. The first kappa shape index (κ1) is 12.5. The Balaban J connectivity index is 2.55. The summed E-state index contributed by atoms with van der Waals surface area (Å²) in [5.41, 5.74) is 1.74. The van der Waals surface area contributed by atoms with Crippen molar-refractivity contribution in [1.82, 2.24) is 5.32 Å². The second kappa shape index (κ2) is 4.99. The molecule has 84 valence electrons. The van der Waals surface area contributed by atoms with Gasteiger partial charge in [-0.15, -0.1) is 11.6 Å². The van der Waals surface area contributed by atoms with E-state index in [9.17, 15) is 4.79 Å². The fourth-order valence-corrected chi connectivity index (χ4v) is 1.98. The lowest BCUT2D eigenvalue weighted by atomic mass is 9.96. The Morgan fingerprint density at radius 2 is 2.20 bits per heavy atom. The van der Waals surface area contributed by atoms with Gasteiger partial charge in [-0.3, -0.25) is 4.79 Å². The van der Waals surface area contributed by atoms with Gasteiger partial charge in [-0.2, -0.15) is 11.3 Å². The molecule has 0 fully saturated rings. The summed E-state index contributed by atoms with van der Waals surface area (Å²) in [6.45, 7) is 6.60. The lowest BCUT2D eigenvalue weighted by Gasteiger charge is -2.21. The third-order valence-corrected chi connectivity index (χ3v) is 3.77. The summed E-state index contributed by atoms with van der Waals surface area (Å²) in [6.07, 6.45) is 0. The minimum Gasteiger partial charge on any atom is -0.351 e. The molecule has 1 rings (SSSR count). The van der Waals surface area contributed by atoms with Crippen LogP contribution >= 0.6 is 22.9 Å². The summed E-state index contributed by atoms with van der Waals surface area (Å²) in [7, 11) is 0. The predicted octanol–water partition coefficient (Wildman–Crippen LogP) is 3.05. The van der Waals surface area contributed by atoms with Crippen LogP contribution in [0.2, 0.25) is 0 Å². The first-order valence-corrected chi connectivity index (χ1v) is 6.31. The van der Waals surface area contributed by atoms with Crippen molar-refractivity contribution in [2.24, 2.45) is 5.41 Å². The van der Waals surface area contributed by atoms with E-state index >= 15 is 0 Å². The van der Waals surface area contributed by atoms with Gasteiger partial charge in [0.15, 0.2) is 0 Å². The number of carbonyl (C=O) groups is 1. The molecule has 2 nitrogen and oxygen atoms in total. The van der Waals surface area contributed by atoms with Crippen molar-refractivity contribution < 1.29 is 4.79 Å².